The Morgan fingerprint density at radius 3 is 2.09 bits per heavy atom. The summed E-state index contributed by atoms with van der Waals surface area (Å²) in [5.74, 6) is 0.437. The first-order valence-corrected chi connectivity index (χ1v) is 13.7. The van der Waals surface area contributed by atoms with Crippen molar-refractivity contribution in [2.45, 2.75) is 96.3 Å². The van der Waals surface area contributed by atoms with Gasteiger partial charge in [-0.25, -0.2) is 0 Å². The first-order chi connectivity index (χ1) is 16.8. The van der Waals surface area contributed by atoms with Gasteiger partial charge < -0.3 is 4.74 Å². The van der Waals surface area contributed by atoms with E-state index in [1.54, 1.807) is 0 Å². The van der Waals surface area contributed by atoms with Gasteiger partial charge in [0.2, 0.25) is 0 Å². The van der Waals surface area contributed by atoms with Crippen molar-refractivity contribution in [3.8, 4) is 22.9 Å². The summed E-state index contributed by atoms with van der Waals surface area (Å²) in [5.41, 5.74) is 3.10. The second-order valence-corrected chi connectivity index (χ2v) is 11.1. The molecule has 1 aliphatic rings. The van der Waals surface area contributed by atoms with Crippen molar-refractivity contribution in [2.24, 2.45) is 11.3 Å². The maximum atomic E-state index is 12.2. The highest BCUT2D eigenvalue weighted by atomic mass is 35.5. The van der Waals surface area contributed by atoms with Gasteiger partial charge in [-0.05, 0) is 66.8 Å². The molecule has 188 valence electrons. The molecule has 1 fully saturated rings. The van der Waals surface area contributed by atoms with Gasteiger partial charge in [-0.3, -0.25) is 4.79 Å². The molecule has 4 heteroatoms. The molecule has 0 spiro atoms. The van der Waals surface area contributed by atoms with Gasteiger partial charge in [0.15, 0.2) is 0 Å². The van der Waals surface area contributed by atoms with Crippen LogP contribution in [0.4, 0.5) is 0 Å². The van der Waals surface area contributed by atoms with Crippen molar-refractivity contribution in [3.63, 3.8) is 0 Å². The lowest BCUT2D eigenvalue weighted by atomic mass is 9.52. The Morgan fingerprint density at radius 1 is 1.03 bits per heavy atom. The van der Waals surface area contributed by atoms with Crippen molar-refractivity contribution < 1.29 is 9.53 Å². The zero-order valence-corrected chi connectivity index (χ0v) is 22.5. The van der Waals surface area contributed by atoms with E-state index in [-0.39, 0.29) is 10.8 Å². The molecule has 1 saturated carbocycles. The fourth-order valence-corrected chi connectivity index (χ4v) is 6.41. The van der Waals surface area contributed by atoms with E-state index in [4.69, 9.17) is 16.3 Å². The third-order valence-corrected chi connectivity index (χ3v) is 8.25. The van der Waals surface area contributed by atoms with Crippen LogP contribution in [-0.4, -0.2) is 11.3 Å². The van der Waals surface area contributed by atoms with Crippen molar-refractivity contribution in [1.82, 2.24) is 0 Å². The van der Waals surface area contributed by atoms with Gasteiger partial charge in [-0.2, -0.15) is 5.26 Å². The van der Waals surface area contributed by atoms with E-state index in [2.05, 4.69) is 44.2 Å². The Kier molecular flexibility index (Phi) is 9.42. The minimum atomic E-state index is -0.634. The highest BCUT2D eigenvalue weighted by Gasteiger charge is 2.51. The molecule has 0 bridgehead atoms. The van der Waals surface area contributed by atoms with Gasteiger partial charge in [-0.15, -0.1) is 11.6 Å². The van der Waals surface area contributed by atoms with Crippen LogP contribution in [-0.2, 0) is 10.2 Å². The number of nitriles is 1. The van der Waals surface area contributed by atoms with E-state index in [1.165, 1.54) is 24.8 Å². The Morgan fingerprint density at radius 2 is 1.60 bits per heavy atom. The van der Waals surface area contributed by atoms with E-state index < -0.39 is 11.3 Å². The number of benzene rings is 2. The second-order valence-electron chi connectivity index (χ2n) is 10.6. The second kappa shape index (κ2) is 12.1. The van der Waals surface area contributed by atoms with Crippen LogP contribution in [0.3, 0.4) is 0 Å². The number of carbonyl (C=O) groups excluding carboxylic acids is 1. The van der Waals surface area contributed by atoms with Crippen molar-refractivity contribution in [3.05, 3.63) is 54.1 Å². The van der Waals surface area contributed by atoms with Gasteiger partial charge in [-0.1, -0.05) is 89.8 Å². The predicted molar refractivity (Wildman–Crippen MR) is 145 cm³/mol. The van der Waals surface area contributed by atoms with Crippen LogP contribution >= 0.6 is 11.6 Å². The Labute approximate surface area is 216 Å². The molecule has 0 N–H and O–H groups in total. The highest BCUT2D eigenvalue weighted by Crippen LogP contribution is 2.55. The number of alkyl halides is 1. The molecule has 0 aliphatic heterocycles. The minimum Gasteiger partial charge on any atom is -0.425 e. The molecule has 0 aromatic heterocycles. The van der Waals surface area contributed by atoms with Crippen LogP contribution in [0.5, 0.6) is 5.75 Å². The molecule has 0 amide bonds. The minimum absolute atomic E-state index is 0.0740. The zero-order valence-electron chi connectivity index (χ0n) is 21.8. The number of nitrogens with zero attached hydrogens (tertiary/aromatic N) is 1. The molecule has 3 nitrogen and oxygen atoms in total. The third-order valence-electron chi connectivity index (χ3n) is 7.90. The Hall–Kier alpha value is -2.31. The van der Waals surface area contributed by atoms with Crippen LogP contribution in [0.1, 0.15) is 91.0 Å². The third kappa shape index (κ3) is 5.92. The fraction of sp³-hybridized carbons (Fsp3) is 0.548. The lowest BCUT2D eigenvalue weighted by Crippen LogP contribution is -2.46. The number of ether oxygens (including phenoxy) is 1. The van der Waals surface area contributed by atoms with Crippen LogP contribution in [0, 0.1) is 22.7 Å². The van der Waals surface area contributed by atoms with Gasteiger partial charge in [0.05, 0.1) is 11.5 Å². The molecule has 2 atom stereocenters. The molecule has 2 aromatic rings. The SMILES string of the molecule is CCCC(C#N)(CC)C1(c2ccc(-c3ccc(OC(=O)C(Cl)CC(C)C)cc3)cc2)CCCCC1. The number of esters is 1. The fourth-order valence-electron chi connectivity index (χ4n) is 6.01. The molecule has 0 radical (unpaired) electrons. The maximum Gasteiger partial charge on any atom is 0.329 e. The standard InChI is InChI=1S/C31H40ClNO2/c1-5-18-30(6-2,22-33)31(19-8-7-9-20-31)26-14-10-24(11-15-26)25-12-16-27(17-13-25)35-29(34)28(32)21-23(3)4/h10-17,23,28H,5-9,18-21H2,1-4H3. The Balaban J connectivity index is 1.82. The van der Waals surface area contributed by atoms with Crippen molar-refractivity contribution in [2.75, 3.05) is 0 Å². The average Bonchev–Trinajstić information content (AvgIpc) is 2.88. The predicted octanol–water partition coefficient (Wildman–Crippen LogP) is 8.83. The van der Waals surface area contributed by atoms with Crippen LogP contribution in [0.25, 0.3) is 11.1 Å². The monoisotopic (exact) mass is 493 g/mol. The molecular weight excluding hydrogens is 454 g/mol. The Bertz CT molecular complexity index is 1000. The smallest absolute Gasteiger partial charge is 0.329 e. The molecule has 3 rings (SSSR count). The molecule has 2 aromatic carbocycles. The molecular formula is C31H40ClNO2. The van der Waals surface area contributed by atoms with E-state index in [0.29, 0.717) is 18.1 Å². The molecule has 0 saturated heterocycles. The van der Waals surface area contributed by atoms with Crippen LogP contribution in [0.2, 0.25) is 0 Å². The summed E-state index contributed by atoms with van der Waals surface area (Å²) in [6, 6.07) is 19.2. The highest BCUT2D eigenvalue weighted by molar-refractivity contribution is 6.30. The number of carbonyl (C=O) groups is 1. The first-order valence-electron chi connectivity index (χ1n) is 13.3. The average molecular weight is 494 g/mol. The summed E-state index contributed by atoms with van der Waals surface area (Å²) in [4.78, 5) is 12.2. The first kappa shape index (κ1) is 27.3. The summed E-state index contributed by atoms with van der Waals surface area (Å²) >= 11 is 6.17. The number of hydrogen-bond acceptors (Lipinski definition) is 3. The zero-order chi connectivity index (χ0) is 25.5. The summed E-state index contributed by atoms with van der Waals surface area (Å²) in [7, 11) is 0. The summed E-state index contributed by atoms with van der Waals surface area (Å²) in [6.45, 7) is 8.45. The van der Waals surface area contributed by atoms with E-state index >= 15 is 0 Å². The maximum absolute atomic E-state index is 12.2. The lowest BCUT2D eigenvalue weighted by molar-refractivity contribution is -0.134. The largest absolute Gasteiger partial charge is 0.425 e. The van der Waals surface area contributed by atoms with E-state index in [0.717, 1.165) is 43.2 Å². The van der Waals surface area contributed by atoms with Crippen LogP contribution < -0.4 is 4.74 Å². The van der Waals surface area contributed by atoms with Gasteiger partial charge >= 0.3 is 5.97 Å². The number of hydrogen-bond donors (Lipinski definition) is 0. The van der Waals surface area contributed by atoms with Gasteiger partial charge in [0.25, 0.3) is 0 Å². The molecule has 2 unspecified atom stereocenters. The van der Waals surface area contributed by atoms with Gasteiger partial charge in [0, 0.05) is 5.41 Å². The molecule has 35 heavy (non-hydrogen) atoms. The summed E-state index contributed by atoms with van der Waals surface area (Å²) < 4.78 is 5.46. The van der Waals surface area contributed by atoms with E-state index in [1.807, 2.05) is 38.1 Å². The topological polar surface area (TPSA) is 50.1 Å². The van der Waals surface area contributed by atoms with Crippen LogP contribution in [0.15, 0.2) is 48.5 Å². The normalized spacial score (nSPS) is 17.9. The quantitative estimate of drug-likeness (QED) is 0.188. The number of rotatable bonds is 10. The molecule has 0 heterocycles. The van der Waals surface area contributed by atoms with Crippen molar-refractivity contribution in [1.29, 1.82) is 5.26 Å². The molecule has 1 aliphatic carbocycles. The summed E-state index contributed by atoms with van der Waals surface area (Å²) in [6.07, 6.45) is 9.27. The van der Waals surface area contributed by atoms with Crippen molar-refractivity contribution >= 4 is 17.6 Å². The summed E-state index contributed by atoms with van der Waals surface area (Å²) in [5, 5.41) is 9.76. The lowest BCUT2D eigenvalue weighted by Gasteiger charge is -2.49. The van der Waals surface area contributed by atoms with E-state index in [9.17, 15) is 10.1 Å². The van der Waals surface area contributed by atoms with Gasteiger partial charge in [0.1, 0.15) is 11.1 Å². The number of halogens is 1.